The van der Waals surface area contributed by atoms with Crippen LogP contribution in [-0.4, -0.2) is 24.1 Å². The van der Waals surface area contributed by atoms with Crippen LogP contribution in [0, 0.1) is 0 Å². The predicted octanol–water partition coefficient (Wildman–Crippen LogP) is 12.7. The number of aromatic nitrogens is 5. The van der Waals surface area contributed by atoms with E-state index in [1.807, 2.05) is 36.4 Å². The molecule has 0 aliphatic heterocycles. The average molecular weight is 716 g/mol. The number of hydrogen-bond acceptors (Lipinski definition) is 3. The Bertz CT molecular complexity index is 3160. The van der Waals surface area contributed by atoms with Crippen LogP contribution >= 0.6 is 0 Å². The molecule has 0 saturated carbocycles. The molecule has 56 heavy (non-hydrogen) atoms. The highest BCUT2D eigenvalue weighted by Gasteiger charge is 2.23. The van der Waals surface area contributed by atoms with E-state index in [1.165, 1.54) is 21.8 Å². The van der Waals surface area contributed by atoms with Crippen LogP contribution in [0.4, 0.5) is 0 Å². The third kappa shape index (κ3) is 5.13. The highest BCUT2D eigenvalue weighted by molar-refractivity contribution is 6.17. The Labute approximate surface area is 323 Å². The lowest BCUT2D eigenvalue weighted by Gasteiger charge is -2.17. The molecule has 11 aromatic rings. The zero-order valence-corrected chi connectivity index (χ0v) is 30.3. The van der Waals surface area contributed by atoms with Gasteiger partial charge in [-0.1, -0.05) is 170 Å². The molecule has 0 N–H and O–H groups in total. The standard InChI is InChI=1S/C51H33N5/c1-5-17-34(18-6-1)39-31-32-43-41-26-14-15-27-44(41)55(38-23-11-4-12-24-38)48(43)47(39)37-29-30-42-40-25-13-16-28-45(40)56(46(42)33-37)51-53-49(35-19-7-2-8-20-35)52-50(54-51)36-21-9-3-10-22-36/h1-33H. The topological polar surface area (TPSA) is 48.5 Å². The summed E-state index contributed by atoms with van der Waals surface area (Å²) in [5.41, 5.74) is 12.0. The zero-order valence-electron chi connectivity index (χ0n) is 30.3. The predicted molar refractivity (Wildman–Crippen MR) is 230 cm³/mol. The Morgan fingerprint density at radius 1 is 0.321 bits per heavy atom. The molecule has 0 saturated heterocycles. The van der Waals surface area contributed by atoms with Gasteiger partial charge >= 0.3 is 0 Å². The first kappa shape index (κ1) is 31.9. The maximum absolute atomic E-state index is 5.21. The lowest BCUT2D eigenvalue weighted by molar-refractivity contribution is 0.953. The van der Waals surface area contributed by atoms with Crippen molar-refractivity contribution in [3.63, 3.8) is 0 Å². The van der Waals surface area contributed by atoms with E-state index in [1.54, 1.807) is 0 Å². The SMILES string of the molecule is c1ccc(-c2nc(-c3ccccc3)nc(-n3c4ccccc4c4ccc(-c5c(-c6ccccc6)ccc6c7ccccc7n(-c7ccccc7)c56)cc43)n2)cc1. The van der Waals surface area contributed by atoms with Gasteiger partial charge in [0.25, 0.3) is 0 Å². The van der Waals surface area contributed by atoms with E-state index in [4.69, 9.17) is 15.0 Å². The summed E-state index contributed by atoms with van der Waals surface area (Å²) in [4.78, 5) is 15.4. The van der Waals surface area contributed by atoms with Gasteiger partial charge in [0.15, 0.2) is 11.6 Å². The summed E-state index contributed by atoms with van der Waals surface area (Å²) >= 11 is 0. The summed E-state index contributed by atoms with van der Waals surface area (Å²) < 4.78 is 4.64. The number of benzene rings is 8. The number of para-hydroxylation sites is 3. The molecule has 0 aliphatic rings. The lowest BCUT2D eigenvalue weighted by Crippen LogP contribution is -2.06. The van der Waals surface area contributed by atoms with Gasteiger partial charge < -0.3 is 4.57 Å². The second kappa shape index (κ2) is 13.0. The van der Waals surface area contributed by atoms with Gasteiger partial charge in [-0.3, -0.25) is 4.57 Å². The highest BCUT2D eigenvalue weighted by atomic mass is 15.2. The van der Waals surface area contributed by atoms with Gasteiger partial charge in [0.05, 0.1) is 22.1 Å². The summed E-state index contributed by atoms with van der Waals surface area (Å²) in [5, 5.41) is 4.69. The monoisotopic (exact) mass is 715 g/mol. The van der Waals surface area contributed by atoms with E-state index in [-0.39, 0.29) is 0 Å². The van der Waals surface area contributed by atoms with Gasteiger partial charge in [0.1, 0.15) is 0 Å². The van der Waals surface area contributed by atoms with Gasteiger partial charge in [-0.15, -0.1) is 0 Å². The molecule has 3 aromatic heterocycles. The number of rotatable bonds is 6. The van der Waals surface area contributed by atoms with Crippen LogP contribution < -0.4 is 0 Å². The molecule has 8 aromatic carbocycles. The molecular formula is C51H33N5. The average Bonchev–Trinajstić information content (AvgIpc) is 3.80. The molecule has 0 aliphatic carbocycles. The molecule has 11 rings (SSSR count). The quantitative estimate of drug-likeness (QED) is 0.172. The normalized spacial score (nSPS) is 11.6. The molecule has 0 bridgehead atoms. The molecule has 0 radical (unpaired) electrons. The van der Waals surface area contributed by atoms with Crippen molar-refractivity contribution in [3.8, 4) is 56.7 Å². The van der Waals surface area contributed by atoms with E-state index >= 15 is 0 Å². The van der Waals surface area contributed by atoms with Crippen LogP contribution in [0.5, 0.6) is 0 Å². The molecule has 5 heteroatoms. The van der Waals surface area contributed by atoms with Gasteiger partial charge in [-0.25, -0.2) is 4.98 Å². The van der Waals surface area contributed by atoms with Crippen molar-refractivity contribution < 1.29 is 0 Å². The summed E-state index contributed by atoms with van der Waals surface area (Å²) in [6, 6.07) is 70.5. The van der Waals surface area contributed by atoms with Crippen LogP contribution in [0.2, 0.25) is 0 Å². The molecule has 0 fully saturated rings. The first-order valence-electron chi connectivity index (χ1n) is 18.9. The molecule has 262 valence electrons. The summed E-state index contributed by atoms with van der Waals surface area (Å²) in [7, 11) is 0. The van der Waals surface area contributed by atoms with Gasteiger partial charge in [0.2, 0.25) is 5.95 Å². The second-order valence-corrected chi connectivity index (χ2v) is 14.0. The minimum atomic E-state index is 0.570. The van der Waals surface area contributed by atoms with Crippen molar-refractivity contribution in [3.05, 3.63) is 200 Å². The van der Waals surface area contributed by atoms with Crippen molar-refractivity contribution >= 4 is 43.6 Å². The van der Waals surface area contributed by atoms with Crippen molar-refractivity contribution in [2.24, 2.45) is 0 Å². The Hall–Kier alpha value is -7.63. The van der Waals surface area contributed by atoms with Gasteiger partial charge in [-0.05, 0) is 47.0 Å². The fraction of sp³-hybridized carbons (Fsp3) is 0. The summed E-state index contributed by atoms with van der Waals surface area (Å²) in [6.07, 6.45) is 0. The minimum absolute atomic E-state index is 0.570. The molecule has 3 heterocycles. The van der Waals surface area contributed by atoms with Crippen molar-refractivity contribution in [2.45, 2.75) is 0 Å². The van der Waals surface area contributed by atoms with Crippen LogP contribution in [0.25, 0.3) is 100 Å². The van der Waals surface area contributed by atoms with Crippen molar-refractivity contribution in [1.82, 2.24) is 24.1 Å². The highest BCUT2D eigenvalue weighted by Crippen LogP contribution is 2.45. The van der Waals surface area contributed by atoms with Gasteiger partial charge in [0, 0.05) is 43.9 Å². The third-order valence-corrected chi connectivity index (χ3v) is 10.8. The number of nitrogens with zero attached hydrogens (tertiary/aromatic N) is 5. The smallest absolute Gasteiger partial charge is 0.238 e. The summed E-state index contributed by atoms with van der Waals surface area (Å²) in [5.74, 6) is 1.82. The number of hydrogen-bond donors (Lipinski definition) is 0. The van der Waals surface area contributed by atoms with Gasteiger partial charge in [-0.2, -0.15) is 9.97 Å². The molecule has 0 spiro atoms. The van der Waals surface area contributed by atoms with Crippen LogP contribution in [0.1, 0.15) is 0 Å². The van der Waals surface area contributed by atoms with Crippen LogP contribution in [0.3, 0.4) is 0 Å². The zero-order chi connectivity index (χ0) is 37.0. The van der Waals surface area contributed by atoms with E-state index < -0.39 is 0 Å². The van der Waals surface area contributed by atoms with Crippen LogP contribution in [0.15, 0.2) is 200 Å². The van der Waals surface area contributed by atoms with E-state index in [0.29, 0.717) is 17.6 Å². The fourth-order valence-electron chi connectivity index (χ4n) is 8.29. The maximum atomic E-state index is 5.21. The molecule has 5 nitrogen and oxygen atoms in total. The first-order valence-corrected chi connectivity index (χ1v) is 18.9. The second-order valence-electron chi connectivity index (χ2n) is 14.0. The Morgan fingerprint density at radius 2 is 0.804 bits per heavy atom. The molecule has 0 atom stereocenters. The fourth-order valence-corrected chi connectivity index (χ4v) is 8.29. The third-order valence-electron chi connectivity index (χ3n) is 10.8. The Kier molecular flexibility index (Phi) is 7.42. The van der Waals surface area contributed by atoms with Crippen molar-refractivity contribution in [2.75, 3.05) is 0 Å². The minimum Gasteiger partial charge on any atom is -0.309 e. The first-order chi connectivity index (χ1) is 27.8. The van der Waals surface area contributed by atoms with Crippen LogP contribution in [-0.2, 0) is 0 Å². The van der Waals surface area contributed by atoms with E-state index in [9.17, 15) is 0 Å². The Morgan fingerprint density at radius 3 is 1.43 bits per heavy atom. The van der Waals surface area contributed by atoms with Crippen molar-refractivity contribution in [1.29, 1.82) is 0 Å². The largest absolute Gasteiger partial charge is 0.309 e. The molecular weight excluding hydrogens is 683 g/mol. The maximum Gasteiger partial charge on any atom is 0.238 e. The summed E-state index contributed by atoms with van der Waals surface area (Å²) in [6.45, 7) is 0. The Balaban J connectivity index is 1.25. The number of fused-ring (bicyclic) bond motifs is 6. The lowest BCUT2D eigenvalue weighted by atomic mass is 9.91. The molecule has 0 amide bonds. The van der Waals surface area contributed by atoms with E-state index in [0.717, 1.165) is 60.9 Å². The van der Waals surface area contributed by atoms with E-state index in [2.05, 4.69) is 173 Å². The molecule has 0 unspecified atom stereocenters.